The zero-order valence-electron chi connectivity index (χ0n) is 17.5. The lowest BCUT2D eigenvalue weighted by Crippen LogP contribution is -2.38. The maximum atomic E-state index is 12.7. The van der Waals surface area contributed by atoms with Crippen LogP contribution in [0, 0.1) is 0 Å². The van der Waals surface area contributed by atoms with Gasteiger partial charge in [-0.1, -0.05) is 0 Å². The molecule has 10 heteroatoms. The number of nitrogens with zero attached hydrogens (tertiary/aromatic N) is 5. The Kier molecular flexibility index (Phi) is 5.75. The highest BCUT2D eigenvalue weighted by atomic mass is 19.4. The third-order valence-corrected chi connectivity index (χ3v) is 5.79. The van der Waals surface area contributed by atoms with Crippen LogP contribution in [0.25, 0.3) is 16.9 Å². The molecule has 0 aromatic carbocycles. The van der Waals surface area contributed by atoms with Crippen molar-refractivity contribution in [2.24, 2.45) is 0 Å². The van der Waals surface area contributed by atoms with Gasteiger partial charge in [-0.3, -0.25) is 19.2 Å². The summed E-state index contributed by atoms with van der Waals surface area (Å²) in [7, 11) is 0. The first-order valence-corrected chi connectivity index (χ1v) is 10.6. The molecule has 0 radical (unpaired) electrons. The van der Waals surface area contributed by atoms with E-state index >= 15 is 0 Å². The van der Waals surface area contributed by atoms with E-state index < -0.39 is 12.7 Å². The van der Waals surface area contributed by atoms with E-state index in [2.05, 4.69) is 14.9 Å². The van der Waals surface area contributed by atoms with Gasteiger partial charge in [0.15, 0.2) is 0 Å². The fourth-order valence-corrected chi connectivity index (χ4v) is 4.21. The summed E-state index contributed by atoms with van der Waals surface area (Å²) < 4.78 is 51.3. The Bertz CT molecular complexity index is 1090. The average molecular weight is 447 g/mol. The predicted molar refractivity (Wildman–Crippen MR) is 111 cm³/mol. The van der Waals surface area contributed by atoms with Gasteiger partial charge in [0.2, 0.25) is 0 Å². The number of hydrogen-bond acceptors (Lipinski definition) is 6. The highest BCUT2D eigenvalue weighted by Crippen LogP contribution is 2.30. The molecule has 3 aromatic rings. The lowest BCUT2D eigenvalue weighted by molar-refractivity contribution is -0.147. The molecule has 170 valence electrons. The number of halogens is 3. The third-order valence-electron chi connectivity index (χ3n) is 5.79. The van der Waals surface area contributed by atoms with Crippen molar-refractivity contribution in [1.29, 1.82) is 0 Å². The summed E-state index contributed by atoms with van der Waals surface area (Å²) in [5.41, 5.74) is 3.92. The van der Waals surface area contributed by atoms with Crippen molar-refractivity contribution < 1.29 is 22.6 Å². The lowest BCUT2D eigenvalue weighted by atomic mass is 10.1. The number of ether oxygens (including phenoxy) is 2. The van der Waals surface area contributed by atoms with Crippen LogP contribution in [0.3, 0.4) is 0 Å². The molecule has 7 nitrogen and oxygen atoms in total. The molecule has 0 unspecified atom stereocenters. The van der Waals surface area contributed by atoms with Gasteiger partial charge < -0.3 is 9.47 Å². The minimum atomic E-state index is -4.21. The minimum Gasteiger partial charge on any atom is -0.492 e. The van der Waals surface area contributed by atoms with E-state index in [1.54, 1.807) is 12.4 Å². The standard InChI is InChI=1S/C22H24F3N5O2/c23-22(24,25)15-29-13-17-9-16(11-26-19(17)14-29)20-12-27-21-10-18(1-2-30(20)21)32-8-5-28-3-6-31-7-4-28/h1-2,9-12H,3-8,13-15H2. The second-order valence-electron chi connectivity index (χ2n) is 8.13. The molecule has 1 saturated heterocycles. The van der Waals surface area contributed by atoms with Crippen LogP contribution in [0.2, 0.25) is 0 Å². The number of aromatic nitrogens is 3. The maximum absolute atomic E-state index is 12.7. The summed E-state index contributed by atoms with van der Waals surface area (Å²) in [6.45, 7) is 4.35. The molecule has 32 heavy (non-hydrogen) atoms. The van der Waals surface area contributed by atoms with Crippen LogP contribution in [0.15, 0.2) is 36.8 Å². The van der Waals surface area contributed by atoms with Crippen LogP contribution in [0.1, 0.15) is 11.3 Å². The summed E-state index contributed by atoms with van der Waals surface area (Å²) in [4.78, 5) is 12.6. The molecule has 0 atom stereocenters. The van der Waals surface area contributed by atoms with Crippen molar-refractivity contribution >= 4 is 5.65 Å². The number of alkyl halides is 3. The fourth-order valence-electron chi connectivity index (χ4n) is 4.21. The molecule has 1 fully saturated rings. The van der Waals surface area contributed by atoms with Crippen molar-refractivity contribution in [3.05, 3.63) is 48.0 Å². The highest BCUT2D eigenvalue weighted by Gasteiger charge is 2.33. The van der Waals surface area contributed by atoms with Gasteiger partial charge in [-0.05, 0) is 17.7 Å². The first-order valence-electron chi connectivity index (χ1n) is 10.6. The number of morpholine rings is 1. The highest BCUT2D eigenvalue weighted by molar-refractivity contribution is 5.64. The topological polar surface area (TPSA) is 55.1 Å². The van der Waals surface area contributed by atoms with Crippen molar-refractivity contribution in [2.75, 3.05) is 46.0 Å². The van der Waals surface area contributed by atoms with E-state index in [0.717, 1.165) is 61.1 Å². The Morgan fingerprint density at radius 2 is 1.88 bits per heavy atom. The van der Waals surface area contributed by atoms with Crippen molar-refractivity contribution in [3.63, 3.8) is 0 Å². The molecule has 0 N–H and O–H groups in total. The number of pyridine rings is 2. The second-order valence-corrected chi connectivity index (χ2v) is 8.13. The van der Waals surface area contributed by atoms with Crippen molar-refractivity contribution in [3.8, 4) is 17.0 Å². The molecule has 0 bridgehead atoms. The monoisotopic (exact) mass is 447 g/mol. The molecule has 2 aliphatic rings. The molecule has 2 aliphatic heterocycles. The van der Waals surface area contributed by atoms with E-state index in [1.165, 1.54) is 4.90 Å². The quantitative estimate of drug-likeness (QED) is 0.579. The van der Waals surface area contributed by atoms with E-state index in [0.29, 0.717) is 12.3 Å². The Morgan fingerprint density at radius 3 is 2.69 bits per heavy atom. The molecular formula is C22H24F3N5O2. The third kappa shape index (κ3) is 4.72. The van der Waals surface area contributed by atoms with Gasteiger partial charge >= 0.3 is 6.18 Å². The Hall–Kier alpha value is -2.69. The second kappa shape index (κ2) is 8.68. The molecule has 0 saturated carbocycles. The fraction of sp³-hybridized carbons (Fsp3) is 0.455. The zero-order valence-corrected chi connectivity index (χ0v) is 17.5. The van der Waals surface area contributed by atoms with E-state index in [-0.39, 0.29) is 13.1 Å². The van der Waals surface area contributed by atoms with Crippen molar-refractivity contribution in [1.82, 2.24) is 24.2 Å². The lowest BCUT2D eigenvalue weighted by Gasteiger charge is -2.26. The Morgan fingerprint density at radius 1 is 1.03 bits per heavy atom. The SMILES string of the molecule is FC(F)(F)CN1Cc2cc(-c3cnc4cc(OCCN5CCOCC5)ccn34)cnc2C1. The summed E-state index contributed by atoms with van der Waals surface area (Å²) in [6.07, 6.45) is 1.13. The van der Waals surface area contributed by atoms with Crippen LogP contribution in [0.4, 0.5) is 13.2 Å². The number of imidazole rings is 1. The minimum absolute atomic E-state index is 0.216. The van der Waals surface area contributed by atoms with E-state index in [9.17, 15) is 13.2 Å². The van der Waals surface area contributed by atoms with E-state index in [4.69, 9.17) is 9.47 Å². The zero-order chi connectivity index (χ0) is 22.1. The maximum Gasteiger partial charge on any atom is 0.401 e. The molecular weight excluding hydrogens is 423 g/mol. The first-order chi connectivity index (χ1) is 15.4. The molecule has 0 spiro atoms. The summed E-state index contributed by atoms with van der Waals surface area (Å²) >= 11 is 0. The summed E-state index contributed by atoms with van der Waals surface area (Å²) in [5.74, 6) is 0.748. The van der Waals surface area contributed by atoms with Crippen LogP contribution in [0.5, 0.6) is 5.75 Å². The average Bonchev–Trinajstić information content (AvgIpc) is 3.35. The van der Waals surface area contributed by atoms with Crippen LogP contribution < -0.4 is 4.74 Å². The van der Waals surface area contributed by atoms with Gasteiger partial charge in [0.25, 0.3) is 0 Å². The molecule has 5 rings (SSSR count). The molecule has 3 aromatic heterocycles. The van der Waals surface area contributed by atoms with Gasteiger partial charge in [-0.2, -0.15) is 13.2 Å². The molecule has 0 aliphatic carbocycles. The van der Waals surface area contributed by atoms with Crippen LogP contribution in [-0.2, 0) is 17.8 Å². The van der Waals surface area contributed by atoms with Gasteiger partial charge in [0.05, 0.1) is 37.3 Å². The smallest absolute Gasteiger partial charge is 0.401 e. The van der Waals surface area contributed by atoms with Crippen molar-refractivity contribution in [2.45, 2.75) is 19.3 Å². The molecule has 5 heterocycles. The van der Waals surface area contributed by atoms with Gasteiger partial charge in [0, 0.05) is 56.7 Å². The van der Waals surface area contributed by atoms with E-state index in [1.807, 2.05) is 28.8 Å². The van der Waals surface area contributed by atoms with Gasteiger partial charge in [0.1, 0.15) is 18.0 Å². The number of hydrogen-bond donors (Lipinski definition) is 0. The Balaban J connectivity index is 1.27. The largest absolute Gasteiger partial charge is 0.492 e. The predicted octanol–water partition coefficient (Wildman–Crippen LogP) is 2.99. The summed E-state index contributed by atoms with van der Waals surface area (Å²) in [5, 5.41) is 0. The van der Waals surface area contributed by atoms with Gasteiger partial charge in [-0.15, -0.1) is 0 Å². The van der Waals surface area contributed by atoms with Crippen LogP contribution in [-0.4, -0.2) is 76.3 Å². The summed E-state index contributed by atoms with van der Waals surface area (Å²) in [6, 6.07) is 5.69. The molecule has 0 amide bonds. The number of rotatable bonds is 6. The van der Waals surface area contributed by atoms with Gasteiger partial charge in [-0.25, -0.2) is 4.98 Å². The van der Waals surface area contributed by atoms with Crippen LogP contribution >= 0.6 is 0 Å². The Labute approximate surface area is 183 Å². The normalized spacial score (nSPS) is 17.7. The number of fused-ring (bicyclic) bond motifs is 2. The first kappa shape index (κ1) is 21.2.